The molecule has 5 heteroatoms. The molecular formula is C22H21NO4. The van der Waals surface area contributed by atoms with Crippen LogP contribution < -0.4 is 4.74 Å². The van der Waals surface area contributed by atoms with Gasteiger partial charge < -0.3 is 9.84 Å². The van der Waals surface area contributed by atoms with Crippen LogP contribution in [0.25, 0.3) is 0 Å². The number of aryl methyl sites for hydroxylation is 1. The monoisotopic (exact) mass is 363 g/mol. The number of hydrogen-bond donors (Lipinski definition) is 1. The van der Waals surface area contributed by atoms with Crippen LogP contribution in [0.1, 0.15) is 29.5 Å². The van der Waals surface area contributed by atoms with Gasteiger partial charge in [0.25, 0.3) is 5.69 Å². The summed E-state index contributed by atoms with van der Waals surface area (Å²) >= 11 is 0. The molecule has 3 rings (SSSR count). The van der Waals surface area contributed by atoms with Crippen LogP contribution in [-0.2, 0) is 6.42 Å². The minimum absolute atomic E-state index is 0.0380. The number of aromatic hydroxyl groups is 1. The smallest absolute Gasteiger partial charge is 0.269 e. The van der Waals surface area contributed by atoms with Crippen LogP contribution in [0.3, 0.4) is 0 Å². The van der Waals surface area contributed by atoms with Crippen LogP contribution in [0.4, 0.5) is 5.69 Å². The second-order valence-electron chi connectivity index (χ2n) is 6.64. The molecule has 0 fully saturated rings. The van der Waals surface area contributed by atoms with Gasteiger partial charge in [-0.2, -0.15) is 0 Å². The van der Waals surface area contributed by atoms with Crippen LogP contribution in [0.15, 0.2) is 66.7 Å². The number of ether oxygens (including phenoxy) is 1. The lowest BCUT2D eigenvalue weighted by atomic mass is 9.91. The van der Waals surface area contributed by atoms with Gasteiger partial charge in [-0.25, -0.2) is 0 Å². The topological polar surface area (TPSA) is 72.6 Å². The van der Waals surface area contributed by atoms with Crippen LogP contribution >= 0.6 is 0 Å². The standard InChI is InChI=1S/C22H21NO4/c1-15(13-18-3-8-20(24)14-16(18)2)17-4-9-21(10-5-17)27-22-11-6-19(7-12-22)23(25)26/h3-12,14-15,24H,13H2,1-2H3. The normalized spacial score (nSPS) is 11.8. The van der Waals surface area contributed by atoms with E-state index in [9.17, 15) is 15.2 Å². The van der Waals surface area contributed by atoms with E-state index in [2.05, 4.69) is 6.92 Å². The maximum Gasteiger partial charge on any atom is 0.269 e. The molecule has 1 unspecified atom stereocenters. The van der Waals surface area contributed by atoms with Crippen molar-refractivity contribution in [2.24, 2.45) is 0 Å². The van der Waals surface area contributed by atoms with Crippen LogP contribution in [0.5, 0.6) is 17.2 Å². The van der Waals surface area contributed by atoms with Gasteiger partial charge in [0.15, 0.2) is 0 Å². The van der Waals surface area contributed by atoms with Gasteiger partial charge in [0.1, 0.15) is 17.2 Å². The SMILES string of the molecule is Cc1cc(O)ccc1CC(C)c1ccc(Oc2ccc([N+](=O)[O-])cc2)cc1. The predicted molar refractivity (Wildman–Crippen MR) is 105 cm³/mol. The Labute approximate surface area is 158 Å². The molecule has 3 aromatic carbocycles. The fourth-order valence-corrected chi connectivity index (χ4v) is 2.99. The highest BCUT2D eigenvalue weighted by Gasteiger charge is 2.10. The van der Waals surface area contributed by atoms with E-state index in [4.69, 9.17) is 4.74 Å². The van der Waals surface area contributed by atoms with Crippen LogP contribution in [-0.4, -0.2) is 10.0 Å². The molecule has 1 atom stereocenters. The van der Waals surface area contributed by atoms with Crippen molar-refractivity contribution in [1.29, 1.82) is 0 Å². The number of nitro benzene ring substituents is 1. The number of phenolic OH excluding ortho intramolecular Hbond substituents is 1. The first-order chi connectivity index (χ1) is 12.9. The number of hydrogen-bond acceptors (Lipinski definition) is 4. The Morgan fingerprint density at radius 2 is 1.59 bits per heavy atom. The molecule has 0 aromatic heterocycles. The van der Waals surface area contributed by atoms with Gasteiger partial charge in [0.2, 0.25) is 0 Å². The van der Waals surface area contributed by atoms with Crippen LogP contribution in [0.2, 0.25) is 0 Å². The Balaban J connectivity index is 1.66. The first kappa shape index (κ1) is 18.5. The van der Waals surface area contributed by atoms with Crippen molar-refractivity contribution in [2.75, 3.05) is 0 Å². The van der Waals surface area contributed by atoms with E-state index >= 15 is 0 Å². The molecule has 5 nitrogen and oxygen atoms in total. The molecular weight excluding hydrogens is 342 g/mol. The highest BCUT2D eigenvalue weighted by atomic mass is 16.6. The summed E-state index contributed by atoms with van der Waals surface area (Å²) in [7, 11) is 0. The van der Waals surface area contributed by atoms with Crippen molar-refractivity contribution in [1.82, 2.24) is 0 Å². The second kappa shape index (κ2) is 7.91. The van der Waals surface area contributed by atoms with E-state index in [-0.39, 0.29) is 11.4 Å². The zero-order valence-electron chi connectivity index (χ0n) is 15.3. The Hall–Kier alpha value is -3.34. The van der Waals surface area contributed by atoms with E-state index in [0.29, 0.717) is 17.4 Å². The molecule has 0 bridgehead atoms. The first-order valence-electron chi connectivity index (χ1n) is 8.73. The van der Waals surface area contributed by atoms with Crippen molar-refractivity contribution in [3.05, 3.63) is 93.5 Å². The quantitative estimate of drug-likeness (QED) is 0.447. The molecule has 0 saturated carbocycles. The molecule has 27 heavy (non-hydrogen) atoms. The molecule has 0 aliphatic heterocycles. The Bertz CT molecular complexity index is 934. The van der Waals surface area contributed by atoms with Crippen molar-refractivity contribution in [3.63, 3.8) is 0 Å². The van der Waals surface area contributed by atoms with E-state index in [0.717, 1.165) is 12.0 Å². The number of rotatable bonds is 6. The number of benzene rings is 3. The molecule has 1 N–H and O–H groups in total. The summed E-state index contributed by atoms with van der Waals surface area (Å²) in [6.45, 7) is 4.17. The van der Waals surface area contributed by atoms with E-state index in [1.165, 1.54) is 23.3 Å². The van der Waals surface area contributed by atoms with Crippen molar-refractivity contribution in [3.8, 4) is 17.2 Å². The number of phenols is 1. The average molecular weight is 363 g/mol. The van der Waals surface area contributed by atoms with E-state index < -0.39 is 4.92 Å². The van der Waals surface area contributed by atoms with Crippen LogP contribution in [0, 0.1) is 17.0 Å². The third kappa shape index (κ3) is 4.64. The van der Waals surface area contributed by atoms with Crippen molar-refractivity contribution >= 4 is 5.69 Å². The van der Waals surface area contributed by atoms with Gasteiger partial charge in [-0.1, -0.05) is 25.1 Å². The number of non-ortho nitro benzene ring substituents is 1. The third-order valence-electron chi connectivity index (χ3n) is 4.58. The Morgan fingerprint density at radius 1 is 1.00 bits per heavy atom. The van der Waals surface area contributed by atoms with Gasteiger partial charge in [0, 0.05) is 12.1 Å². The highest BCUT2D eigenvalue weighted by Crippen LogP contribution is 2.28. The van der Waals surface area contributed by atoms with Gasteiger partial charge in [-0.15, -0.1) is 0 Å². The molecule has 0 amide bonds. The fraction of sp³-hybridized carbons (Fsp3) is 0.182. The largest absolute Gasteiger partial charge is 0.508 e. The summed E-state index contributed by atoms with van der Waals surface area (Å²) in [6.07, 6.45) is 0.884. The zero-order chi connectivity index (χ0) is 19.4. The minimum atomic E-state index is -0.435. The maximum absolute atomic E-state index is 10.7. The summed E-state index contributed by atoms with van der Waals surface area (Å²) in [4.78, 5) is 10.3. The van der Waals surface area contributed by atoms with Crippen molar-refractivity contribution in [2.45, 2.75) is 26.2 Å². The summed E-state index contributed by atoms with van der Waals surface area (Å²) in [5.74, 6) is 1.85. The third-order valence-corrected chi connectivity index (χ3v) is 4.58. The summed E-state index contributed by atoms with van der Waals surface area (Å²) in [5.41, 5.74) is 3.53. The number of nitrogens with zero attached hydrogens (tertiary/aromatic N) is 1. The molecule has 0 aliphatic carbocycles. The fourth-order valence-electron chi connectivity index (χ4n) is 2.99. The Kier molecular flexibility index (Phi) is 5.41. The Morgan fingerprint density at radius 3 is 2.15 bits per heavy atom. The summed E-state index contributed by atoms with van der Waals surface area (Å²) in [6, 6.07) is 19.3. The maximum atomic E-state index is 10.7. The zero-order valence-corrected chi connectivity index (χ0v) is 15.3. The molecule has 0 aliphatic rings. The van der Waals surface area contributed by atoms with Gasteiger partial charge in [0.05, 0.1) is 4.92 Å². The molecule has 0 spiro atoms. The summed E-state index contributed by atoms with van der Waals surface area (Å²) in [5, 5.41) is 20.2. The average Bonchev–Trinajstić information content (AvgIpc) is 2.65. The second-order valence-corrected chi connectivity index (χ2v) is 6.64. The minimum Gasteiger partial charge on any atom is -0.508 e. The van der Waals surface area contributed by atoms with Gasteiger partial charge >= 0.3 is 0 Å². The lowest BCUT2D eigenvalue weighted by Gasteiger charge is -2.15. The molecule has 0 radical (unpaired) electrons. The highest BCUT2D eigenvalue weighted by molar-refractivity contribution is 5.40. The summed E-state index contributed by atoms with van der Waals surface area (Å²) < 4.78 is 5.75. The van der Waals surface area contributed by atoms with Gasteiger partial charge in [-0.05, 0) is 72.4 Å². The molecule has 0 saturated heterocycles. The number of nitro groups is 1. The predicted octanol–water partition coefficient (Wildman–Crippen LogP) is 5.75. The molecule has 0 heterocycles. The van der Waals surface area contributed by atoms with Gasteiger partial charge in [-0.3, -0.25) is 10.1 Å². The first-order valence-corrected chi connectivity index (χ1v) is 8.73. The van der Waals surface area contributed by atoms with E-state index in [1.807, 2.05) is 37.3 Å². The molecule has 3 aromatic rings. The van der Waals surface area contributed by atoms with E-state index in [1.54, 1.807) is 24.3 Å². The molecule has 138 valence electrons. The van der Waals surface area contributed by atoms with Crippen molar-refractivity contribution < 1.29 is 14.8 Å². The lowest BCUT2D eigenvalue weighted by Crippen LogP contribution is -2.00. The lowest BCUT2D eigenvalue weighted by molar-refractivity contribution is -0.384.